The third kappa shape index (κ3) is 6.50. The molecule has 5 rings (SSSR count). The number of nitrogens with one attached hydrogen (secondary N) is 3. The third-order valence-corrected chi connectivity index (χ3v) is 6.61. The molecule has 0 aliphatic carbocycles. The van der Waals surface area contributed by atoms with Crippen molar-refractivity contribution in [3.05, 3.63) is 100.0 Å². The highest BCUT2D eigenvalue weighted by Gasteiger charge is 2.26. The Balaban J connectivity index is 0.000000194. The maximum Gasteiger partial charge on any atom is 0.258 e. The number of halogens is 1. The molecule has 4 aromatic rings. The summed E-state index contributed by atoms with van der Waals surface area (Å²) in [6, 6.07) is 16.1. The van der Waals surface area contributed by atoms with Crippen LogP contribution in [0.25, 0.3) is 10.9 Å². The van der Waals surface area contributed by atoms with Crippen LogP contribution in [0.4, 0.5) is 10.1 Å². The van der Waals surface area contributed by atoms with Crippen LogP contribution in [0.1, 0.15) is 67.7 Å². The van der Waals surface area contributed by atoms with Gasteiger partial charge in [0.15, 0.2) is 0 Å². The second-order valence-corrected chi connectivity index (χ2v) is 9.62. The van der Waals surface area contributed by atoms with Crippen LogP contribution in [0.2, 0.25) is 0 Å². The maximum atomic E-state index is 12.9. The zero-order valence-corrected chi connectivity index (χ0v) is 22.4. The van der Waals surface area contributed by atoms with Gasteiger partial charge in [-0.3, -0.25) is 24.5 Å². The normalized spacial score (nSPS) is 12.0. The quantitative estimate of drug-likeness (QED) is 0.236. The van der Waals surface area contributed by atoms with Crippen molar-refractivity contribution in [2.24, 2.45) is 5.73 Å². The second kappa shape index (κ2) is 12.5. The molecule has 1 aliphatic rings. The Labute approximate surface area is 231 Å². The lowest BCUT2D eigenvalue weighted by molar-refractivity contribution is -0.118. The molecule has 3 amide bonds. The van der Waals surface area contributed by atoms with E-state index in [9.17, 15) is 23.6 Å². The van der Waals surface area contributed by atoms with E-state index in [1.807, 2.05) is 32.0 Å². The molecule has 0 spiro atoms. The van der Waals surface area contributed by atoms with Gasteiger partial charge in [0, 0.05) is 40.7 Å². The fourth-order valence-electron chi connectivity index (χ4n) is 4.65. The number of benzene rings is 3. The molecular weight excluding hydrogens is 511 g/mol. The highest BCUT2D eigenvalue weighted by Crippen LogP contribution is 2.26. The molecule has 0 radical (unpaired) electrons. The highest BCUT2D eigenvalue weighted by atomic mass is 19.1. The molecule has 0 bridgehead atoms. The lowest BCUT2D eigenvalue weighted by Crippen LogP contribution is -2.19. The van der Waals surface area contributed by atoms with Crippen molar-refractivity contribution in [3.63, 3.8) is 0 Å². The molecule has 0 saturated heterocycles. The van der Waals surface area contributed by atoms with E-state index in [0.717, 1.165) is 35.0 Å². The minimum atomic E-state index is -0.380. The number of H-pyrrole nitrogens is 1. The van der Waals surface area contributed by atoms with Gasteiger partial charge in [0.25, 0.3) is 17.7 Å². The smallest absolute Gasteiger partial charge is 0.258 e. The van der Waals surface area contributed by atoms with Crippen molar-refractivity contribution in [2.75, 3.05) is 11.9 Å². The molecule has 0 unspecified atom stereocenters. The number of fused-ring (bicyclic) bond motifs is 2. The van der Waals surface area contributed by atoms with Gasteiger partial charge in [-0.2, -0.15) is 0 Å². The Morgan fingerprint density at radius 2 is 1.68 bits per heavy atom. The average molecular weight is 543 g/mol. The van der Waals surface area contributed by atoms with Gasteiger partial charge in [-0.1, -0.05) is 13.0 Å². The lowest BCUT2D eigenvalue weighted by atomic mass is 10.0. The average Bonchev–Trinajstić information content (AvgIpc) is 3.39. The zero-order valence-electron chi connectivity index (χ0n) is 22.4. The number of aromatic nitrogens is 1. The summed E-state index contributed by atoms with van der Waals surface area (Å²) in [6.45, 7) is 4.54. The summed E-state index contributed by atoms with van der Waals surface area (Å²) in [4.78, 5) is 49.8. The third-order valence-electron chi connectivity index (χ3n) is 6.61. The van der Waals surface area contributed by atoms with E-state index in [1.54, 1.807) is 18.2 Å². The number of nitrogens with two attached hydrogens (primary N) is 1. The summed E-state index contributed by atoms with van der Waals surface area (Å²) in [5.41, 5.74) is 11.6. The number of Topliss-reactive ketones (excluding diaryl/α,β-unsaturated/α-hetero) is 1. The van der Waals surface area contributed by atoms with Crippen LogP contribution in [-0.2, 0) is 17.6 Å². The minimum Gasteiger partial charge on any atom is -0.358 e. The number of hydrogen-bond donors (Lipinski definition) is 4. The molecule has 3 aromatic carbocycles. The molecule has 1 aliphatic heterocycles. The summed E-state index contributed by atoms with van der Waals surface area (Å²) in [7, 11) is 0. The van der Waals surface area contributed by atoms with Crippen molar-refractivity contribution in [2.45, 2.75) is 39.5 Å². The molecule has 40 heavy (non-hydrogen) atoms. The predicted octanol–water partition coefficient (Wildman–Crippen LogP) is 4.85. The Hall–Kier alpha value is -4.63. The molecule has 206 valence electrons. The van der Waals surface area contributed by atoms with Crippen LogP contribution in [0.3, 0.4) is 0 Å². The first-order valence-electron chi connectivity index (χ1n) is 13.1. The number of aryl methyl sites for hydroxylation is 1. The Morgan fingerprint density at radius 1 is 0.950 bits per heavy atom. The first-order chi connectivity index (χ1) is 19.2. The van der Waals surface area contributed by atoms with Crippen LogP contribution in [-0.4, -0.2) is 35.0 Å². The number of ketones is 1. The maximum absolute atomic E-state index is 12.9. The lowest BCUT2D eigenvalue weighted by Gasteiger charge is -2.06. The summed E-state index contributed by atoms with van der Waals surface area (Å²) >= 11 is 0. The van der Waals surface area contributed by atoms with Gasteiger partial charge in [-0.05, 0) is 92.0 Å². The van der Waals surface area contributed by atoms with Crippen molar-refractivity contribution < 1.29 is 23.6 Å². The number of imide groups is 1. The van der Waals surface area contributed by atoms with Crippen LogP contribution in [0, 0.1) is 12.7 Å². The number of rotatable bonds is 8. The number of carbonyl (C=O) groups is 4. The van der Waals surface area contributed by atoms with E-state index in [1.165, 1.54) is 29.8 Å². The number of anilines is 1. The van der Waals surface area contributed by atoms with Crippen LogP contribution < -0.4 is 16.4 Å². The molecule has 1 aromatic heterocycles. The van der Waals surface area contributed by atoms with E-state index in [4.69, 9.17) is 5.73 Å². The fourth-order valence-corrected chi connectivity index (χ4v) is 4.65. The van der Waals surface area contributed by atoms with Crippen molar-refractivity contribution in [1.29, 1.82) is 0 Å². The van der Waals surface area contributed by atoms with Gasteiger partial charge in [0.1, 0.15) is 11.6 Å². The van der Waals surface area contributed by atoms with E-state index in [-0.39, 0.29) is 29.3 Å². The Kier molecular flexibility index (Phi) is 8.86. The van der Waals surface area contributed by atoms with Gasteiger partial charge in [-0.15, -0.1) is 0 Å². The molecule has 2 heterocycles. The first kappa shape index (κ1) is 28.4. The van der Waals surface area contributed by atoms with E-state index >= 15 is 0 Å². The van der Waals surface area contributed by atoms with Crippen LogP contribution >= 0.6 is 0 Å². The minimum absolute atomic E-state index is 0.150. The Morgan fingerprint density at radius 3 is 2.38 bits per heavy atom. The van der Waals surface area contributed by atoms with Crippen molar-refractivity contribution in [1.82, 2.24) is 10.3 Å². The van der Waals surface area contributed by atoms with E-state index in [2.05, 4.69) is 15.6 Å². The standard InChI is InChI=1S/C18H18FN3O.C13H13NO3/c1-11-15(8-9-20)16-10-14(6-7-17(16)21-11)22-18(23)12-2-4-13(19)5-3-12;1-2-3-9(15)6-8-4-5-10-11(7-8)13(17)14-12(10)16/h2-7,10,21H,8-9,20H2,1H3,(H,22,23);4-5,7H,2-3,6H2,1H3,(H,14,16,17). The molecular formula is C31H31FN4O4. The van der Waals surface area contributed by atoms with Crippen molar-refractivity contribution in [3.8, 4) is 0 Å². The van der Waals surface area contributed by atoms with E-state index in [0.29, 0.717) is 41.8 Å². The summed E-state index contributed by atoms with van der Waals surface area (Å²) < 4.78 is 12.9. The molecule has 8 nitrogen and oxygen atoms in total. The topological polar surface area (TPSA) is 134 Å². The van der Waals surface area contributed by atoms with E-state index < -0.39 is 0 Å². The SMILES string of the molecule is CCCC(=O)Cc1ccc2c(c1)C(=O)NC2=O.Cc1[nH]c2ccc(NC(=O)c3ccc(F)cc3)cc2c1CCN. The number of hydrogen-bond acceptors (Lipinski definition) is 5. The van der Waals surface area contributed by atoms with Gasteiger partial charge in [0.05, 0.1) is 11.1 Å². The number of carbonyl (C=O) groups excluding carboxylic acids is 4. The molecule has 0 atom stereocenters. The highest BCUT2D eigenvalue weighted by molar-refractivity contribution is 6.21. The fraction of sp³-hybridized carbons (Fsp3) is 0.226. The zero-order chi connectivity index (χ0) is 28.8. The largest absolute Gasteiger partial charge is 0.358 e. The van der Waals surface area contributed by atoms with Crippen molar-refractivity contribution >= 4 is 40.1 Å². The number of amides is 3. The molecule has 5 N–H and O–H groups in total. The summed E-state index contributed by atoms with van der Waals surface area (Å²) in [5, 5.41) is 6.13. The molecule has 9 heteroatoms. The summed E-state index contributed by atoms with van der Waals surface area (Å²) in [5.74, 6) is -1.22. The molecule has 0 fully saturated rings. The van der Waals surface area contributed by atoms with Crippen LogP contribution in [0.5, 0.6) is 0 Å². The monoisotopic (exact) mass is 542 g/mol. The van der Waals surface area contributed by atoms with Gasteiger partial charge in [-0.25, -0.2) is 4.39 Å². The van der Waals surface area contributed by atoms with Crippen LogP contribution in [0.15, 0.2) is 60.7 Å². The Bertz CT molecular complexity index is 1590. The van der Waals surface area contributed by atoms with Gasteiger partial charge >= 0.3 is 0 Å². The first-order valence-corrected chi connectivity index (χ1v) is 13.1. The second-order valence-electron chi connectivity index (χ2n) is 9.62. The predicted molar refractivity (Wildman–Crippen MR) is 152 cm³/mol. The molecule has 0 saturated carbocycles. The summed E-state index contributed by atoms with van der Waals surface area (Å²) in [6.07, 6.45) is 2.47. The van der Waals surface area contributed by atoms with Gasteiger partial charge in [0.2, 0.25) is 0 Å². The van der Waals surface area contributed by atoms with Gasteiger partial charge < -0.3 is 16.0 Å². The number of aromatic amines is 1.